The molecule has 39 heavy (non-hydrogen) atoms. The normalized spacial score (nSPS) is 12.0. The van der Waals surface area contributed by atoms with Crippen molar-refractivity contribution in [2.75, 3.05) is 13.2 Å². The smallest absolute Gasteiger partial charge is 0.303 e. The predicted molar refractivity (Wildman–Crippen MR) is 149 cm³/mol. The van der Waals surface area contributed by atoms with Crippen LogP contribution in [0.25, 0.3) is 5.57 Å². The largest absolute Gasteiger partial charge is 0.493 e. The number of hydrogen-bond donors (Lipinski definition) is 4. The maximum Gasteiger partial charge on any atom is 0.303 e. The van der Waals surface area contributed by atoms with Gasteiger partial charge in [-0.2, -0.15) is 0 Å². The van der Waals surface area contributed by atoms with Crippen molar-refractivity contribution in [1.29, 1.82) is 5.41 Å². The third-order valence-electron chi connectivity index (χ3n) is 6.18. The van der Waals surface area contributed by atoms with Gasteiger partial charge in [-0.1, -0.05) is 36.4 Å². The van der Waals surface area contributed by atoms with Crippen molar-refractivity contribution in [3.05, 3.63) is 102 Å². The number of allylic oxidation sites excluding steroid dienone is 1. The van der Waals surface area contributed by atoms with Crippen LogP contribution in [0.2, 0.25) is 0 Å². The van der Waals surface area contributed by atoms with Crippen LogP contribution in [0.3, 0.4) is 0 Å². The third kappa shape index (κ3) is 8.51. The fraction of sp³-hybridized carbons (Fsp3) is 0.267. The second-order valence-corrected chi connectivity index (χ2v) is 8.88. The molecule has 1 unspecified atom stereocenters. The van der Waals surface area contributed by atoms with Crippen LogP contribution >= 0.6 is 0 Å². The number of nitrogens with two attached hydrogens (primary N) is 1. The van der Waals surface area contributed by atoms with Gasteiger partial charge in [-0.3, -0.25) is 14.6 Å². The summed E-state index contributed by atoms with van der Waals surface area (Å²) < 4.78 is 5.93. The van der Waals surface area contributed by atoms with Crippen molar-refractivity contribution in [2.45, 2.75) is 38.3 Å². The summed E-state index contributed by atoms with van der Waals surface area (Å²) in [5, 5.41) is 27.8. The minimum Gasteiger partial charge on any atom is -0.493 e. The molecule has 0 aliphatic carbocycles. The van der Waals surface area contributed by atoms with Gasteiger partial charge >= 0.3 is 5.97 Å². The van der Waals surface area contributed by atoms with Gasteiger partial charge in [-0.15, -0.1) is 0 Å². The van der Waals surface area contributed by atoms with Crippen LogP contribution in [0.1, 0.15) is 59.1 Å². The summed E-state index contributed by atoms with van der Waals surface area (Å²) in [5.74, 6) is -0.736. The van der Waals surface area contributed by atoms with Crippen LogP contribution in [0, 0.1) is 5.41 Å². The number of nitrogens with zero attached hydrogens (tertiary/aromatic N) is 2. The van der Waals surface area contributed by atoms with Crippen molar-refractivity contribution >= 4 is 23.7 Å². The second-order valence-electron chi connectivity index (χ2n) is 8.88. The minimum atomic E-state index is -1.29. The standard InChI is InChI=1S/C30H34N4O5/c31-20-24(21-32)22-12-14-23(15-13-22)29(37)34(18-16-25-8-5-6-17-33-25)30(38)26-9-3-4-10-27(26)39-19-7-1-2-11-28(35)36/h3-6,8-10,12-15,17,20-21,30-31,38H,1-2,7,11,16,18-19,32H2,(H,35,36)/b24-21+,31-20?. The fourth-order valence-electron chi connectivity index (χ4n) is 4.05. The highest BCUT2D eigenvalue weighted by Crippen LogP contribution is 2.29. The number of carboxylic acids is 1. The molecule has 1 aromatic heterocycles. The Morgan fingerprint density at radius 3 is 2.38 bits per heavy atom. The van der Waals surface area contributed by atoms with Gasteiger partial charge in [0.1, 0.15) is 5.75 Å². The van der Waals surface area contributed by atoms with Gasteiger partial charge in [0, 0.05) is 60.4 Å². The molecular weight excluding hydrogens is 496 g/mol. The summed E-state index contributed by atoms with van der Waals surface area (Å²) >= 11 is 0. The first-order valence-electron chi connectivity index (χ1n) is 12.8. The molecule has 3 aromatic rings. The number of carbonyl (C=O) groups excluding carboxylic acids is 1. The lowest BCUT2D eigenvalue weighted by Crippen LogP contribution is -2.37. The molecule has 1 heterocycles. The van der Waals surface area contributed by atoms with Gasteiger partial charge in [-0.05, 0) is 55.2 Å². The van der Waals surface area contributed by atoms with Crippen LogP contribution < -0.4 is 10.5 Å². The van der Waals surface area contributed by atoms with Crippen LogP contribution in [0.4, 0.5) is 0 Å². The van der Waals surface area contributed by atoms with E-state index in [0.717, 1.165) is 11.9 Å². The Morgan fingerprint density at radius 1 is 1.00 bits per heavy atom. The zero-order chi connectivity index (χ0) is 28.0. The number of pyridine rings is 1. The molecule has 0 radical (unpaired) electrons. The molecule has 0 spiro atoms. The maximum atomic E-state index is 13.7. The third-order valence-corrected chi connectivity index (χ3v) is 6.18. The first-order valence-corrected chi connectivity index (χ1v) is 12.8. The Balaban J connectivity index is 1.81. The molecule has 0 saturated heterocycles. The zero-order valence-corrected chi connectivity index (χ0v) is 21.7. The summed E-state index contributed by atoms with van der Waals surface area (Å²) in [5.41, 5.74) is 8.41. The number of nitrogens with one attached hydrogen (secondary N) is 1. The number of para-hydroxylation sites is 1. The number of unbranched alkanes of at least 4 members (excludes halogenated alkanes) is 2. The molecule has 9 heteroatoms. The summed E-state index contributed by atoms with van der Waals surface area (Å²) in [6, 6.07) is 19.3. The van der Waals surface area contributed by atoms with Gasteiger partial charge in [0.25, 0.3) is 5.91 Å². The van der Waals surface area contributed by atoms with Crippen molar-refractivity contribution in [3.63, 3.8) is 0 Å². The molecule has 5 N–H and O–H groups in total. The van der Waals surface area contributed by atoms with E-state index in [9.17, 15) is 14.7 Å². The molecule has 1 atom stereocenters. The Labute approximate surface area is 228 Å². The summed E-state index contributed by atoms with van der Waals surface area (Å²) in [4.78, 5) is 30.1. The first-order chi connectivity index (χ1) is 18.9. The van der Waals surface area contributed by atoms with Gasteiger partial charge < -0.3 is 31.0 Å². The number of rotatable bonds is 15. The number of carboxylic acid groups (broad SMARTS) is 1. The molecule has 9 nitrogen and oxygen atoms in total. The first kappa shape index (κ1) is 29.1. The fourth-order valence-corrected chi connectivity index (χ4v) is 4.05. The van der Waals surface area contributed by atoms with E-state index >= 15 is 0 Å². The van der Waals surface area contributed by atoms with E-state index in [-0.39, 0.29) is 18.9 Å². The molecule has 0 bridgehead atoms. The van der Waals surface area contributed by atoms with E-state index in [1.165, 1.54) is 11.1 Å². The average Bonchev–Trinajstić information content (AvgIpc) is 2.96. The number of amides is 1. The summed E-state index contributed by atoms with van der Waals surface area (Å²) in [7, 11) is 0. The van der Waals surface area contributed by atoms with Crippen molar-refractivity contribution in [1.82, 2.24) is 9.88 Å². The topological polar surface area (TPSA) is 150 Å². The van der Waals surface area contributed by atoms with Gasteiger partial charge in [0.15, 0.2) is 6.23 Å². The van der Waals surface area contributed by atoms with E-state index in [1.54, 1.807) is 54.7 Å². The molecule has 0 aliphatic rings. The molecule has 1 amide bonds. The van der Waals surface area contributed by atoms with Crippen molar-refractivity contribution < 1.29 is 24.5 Å². The van der Waals surface area contributed by atoms with Gasteiger partial charge in [0.05, 0.1) is 6.61 Å². The lowest BCUT2D eigenvalue weighted by atomic mass is 10.0. The van der Waals surface area contributed by atoms with E-state index in [2.05, 4.69) is 4.98 Å². The molecule has 3 rings (SSSR count). The zero-order valence-electron chi connectivity index (χ0n) is 21.7. The number of aromatic nitrogens is 1. The van der Waals surface area contributed by atoms with Gasteiger partial charge in [0.2, 0.25) is 0 Å². The molecule has 0 aliphatic heterocycles. The Morgan fingerprint density at radius 2 is 1.72 bits per heavy atom. The van der Waals surface area contributed by atoms with Crippen molar-refractivity contribution in [2.24, 2.45) is 5.73 Å². The molecule has 0 saturated carbocycles. The quantitative estimate of drug-likeness (QED) is 0.129. The average molecular weight is 531 g/mol. The van der Waals surface area contributed by atoms with E-state index < -0.39 is 12.2 Å². The second kappa shape index (κ2) is 15.0. The molecule has 2 aromatic carbocycles. The number of ether oxygens (including phenoxy) is 1. The number of carbonyl (C=O) groups is 2. The van der Waals surface area contributed by atoms with Crippen LogP contribution in [-0.2, 0) is 11.2 Å². The summed E-state index contributed by atoms with van der Waals surface area (Å²) in [6.07, 6.45) is 5.37. The molecule has 204 valence electrons. The van der Waals surface area contributed by atoms with Crippen LogP contribution in [0.5, 0.6) is 5.75 Å². The number of aliphatic hydroxyl groups excluding tert-OH is 1. The number of benzene rings is 2. The van der Waals surface area contributed by atoms with Crippen LogP contribution in [0.15, 0.2) is 79.1 Å². The van der Waals surface area contributed by atoms with E-state index in [0.29, 0.717) is 60.3 Å². The maximum absolute atomic E-state index is 13.7. The Hall–Kier alpha value is -4.50. The number of aliphatic carboxylic acids is 1. The van der Waals surface area contributed by atoms with Gasteiger partial charge in [-0.25, -0.2) is 0 Å². The molecule has 0 fully saturated rings. The minimum absolute atomic E-state index is 0.120. The predicted octanol–water partition coefficient (Wildman–Crippen LogP) is 4.43. The Bertz CT molecular complexity index is 1260. The van der Waals surface area contributed by atoms with E-state index in [4.69, 9.17) is 21.0 Å². The number of hydrogen-bond acceptors (Lipinski definition) is 7. The highest BCUT2D eigenvalue weighted by atomic mass is 16.5. The van der Waals surface area contributed by atoms with E-state index in [1.807, 2.05) is 18.2 Å². The SMILES string of the molecule is N=C/C(=C\N)c1ccc(C(=O)N(CCc2ccccn2)C(O)c2ccccc2OCCCCCC(=O)O)cc1. The van der Waals surface area contributed by atoms with Crippen LogP contribution in [-0.4, -0.2) is 51.3 Å². The monoisotopic (exact) mass is 530 g/mol. The highest BCUT2D eigenvalue weighted by molar-refractivity contribution is 6.08. The molecular formula is C30H34N4O5. The highest BCUT2D eigenvalue weighted by Gasteiger charge is 2.27. The summed E-state index contributed by atoms with van der Waals surface area (Å²) in [6.45, 7) is 0.563. The number of aliphatic hydroxyl groups is 1. The van der Waals surface area contributed by atoms with Crippen molar-refractivity contribution in [3.8, 4) is 5.75 Å². The lowest BCUT2D eigenvalue weighted by molar-refractivity contribution is -0.137. The lowest BCUT2D eigenvalue weighted by Gasteiger charge is -2.29. The Kier molecular flexibility index (Phi) is 11.2.